The monoisotopic (exact) mass is 292 g/mol. The predicted molar refractivity (Wildman–Crippen MR) is 70.8 cm³/mol. The molecule has 0 saturated heterocycles. The first-order valence-electron chi connectivity index (χ1n) is 6.03. The van der Waals surface area contributed by atoms with E-state index in [1.54, 1.807) is 7.05 Å². The third kappa shape index (κ3) is 3.44. The summed E-state index contributed by atoms with van der Waals surface area (Å²) in [4.78, 5) is 23.7. The van der Waals surface area contributed by atoms with Gasteiger partial charge in [0.15, 0.2) is 6.61 Å². The number of nitrogens with zero attached hydrogens (tertiary/aromatic N) is 2. The Morgan fingerprint density at radius 1 is 1.38 bits per heavy atom. The number of methoxy groups -OCH3 is 1. The Morgan fingerprint density at radius 2 is 2.14 bits per heavy atom. The van der Waals surface area contributed by atoms with Crippen LogP contribution in [0, 0.1) is 5.82 Å². The number of ketones is 1. The zero-order valence-corrected chi connectivity index (χ0v) is 11.5. The number of Topliss-reactive ketones (excluding diaryl/α,β-unsaturated/α-hetero) is 1. The van der Waals surface area contributed by atoms with E-state index in [1.165, 1.54) is 36.3 Å². The number of halogens is 1. The lowest BCUT2D eigenvalue weighted by Crippen LogP contribution is -2.15. The largest absolute Gasteiger partial charge is 0.496 e. The first-order valence-corrected chi connectivity index (χ1v) is 6.03. The summed E-state index contributed by atoms with van der Waals surface area (Å²) in [7, 11) is 3.02. The highest BCUT2D eigenvalue weighted by Crippen LogP contribution is 2.20. The van der Waals surface area contributed by atoms with Crippen LogP contribution >= 0.6 is 0 Å². The van der Waals surface area contributed by atoms with Crippen LogP contribution in [0.2, 0.25) is 0 Å². The summed E-state index contributed by atoms with van der Waals surface area (Å²) in [5.74, 6) is -1.58. The van der Waals surface area contributed by atoms with Gasteiger partial charge in [0.1, 0.15) is 11.6 Å². The van der Waals surface area contributed by atoms with Crippen molar-refractivity contribution in [2.24, 2.45) is 7.05 Å². The molecule has 1 aromatic heterocycles. The Labute approximate surface area is 120 Å². The Morgan fingerprint density at radius 3 is 2.76 bits per heavy atom. The van der Waals surface area contributed by atoms with E-state index in [0.29, 0.717) is 0 Å². The summed E-state index contributed by atoms with van der Waals surface area (Å²) in [5.41, 5.74) is 0.257. The van der Waals surface area contributed by atoms with E-state index >= 15 is 0 Å². The van der Waals surface area contributed by atoms with Crippen molar-refractivity contribution in [1.82, 2.24) is 9.78 Å². The molecule has 2 aromatic rings. The van der Waals surface area contributed by atoms with Gasteiger partial charge in [-0.2, -0.15) is 5.10 Å². The highest BCUT2D eigenvalue weighted by Gasteiger charge is 2.17. The molecule has 6 nitrogen and oxygen atoms in total. The molecule has 0 aliphatic heterocycles. The molecule has 0 bridgehead atoms. The third-order valence-electron chi connectivity index (χ3n) is 2.74. The minimum Gasteiger partial charge on any atom is -0.496 e. The van der Waals surface area contributed by atoms with Crippen LogP contribution < -0.4 is 4.74 Å². The summed E-state index contributed by atoms with van der Waals surface area (Å²) < 4.78 is 24.5. The molecular weight excluding hydrogens is 279 g/mol. The standard InChI is InChI=1S/C14H13FN2O4/c1-17-7-9(6-16-17)14(19)21-8-12(18)11-5-10(15)3-4-13(11)20-2/h3-7H,8H2,1-2H3. The van der Waals surface area contributed by atoms with E-state index in [0.717, 1.165) is 6.07 Å². The number of aromatic nitrogens is 2. The molecule has 0 radical (unpaired) electrons. The highest BCUT2D eigenvalue weighted by atomic mass is 19.1. The van der Waals surface area contributed by atoms with Gasteiger partial charge in [-0.1, -0.05) is 0 Å². The van der Waals surface area contributed by atoms with Crippen LogP contribution in [0.1, 0.15) is 20.7 Å². The van der Waals surface area contributed by atoms with E-state index in [1.807, 2.05) is 0 Å². The lowest BCUT2D eigenvalue weighted by atomic mass is 10.1. The van der Waals surface area contributed by atoms with E-state index in [2.05, 4.69) is 5.10 Å². The Hall–Kier alpha value is -2.70. The fraction of sp³-hybridized carbons (Fsp3) is 0.214. The number of ether oxygens (including phenoxy) is 2. The van der Waals surface area contributed by atoms with Gasteiger partial charge in [0.2, 0.25) is 5.78 Å². The minimum absolute atomic E-state index is 0.0245. The summed E-state index contributed by atoms with van der Waals surface area (Å²) in [6.45, 7) is -0.506. The zero-order chi connectivity index (χ0) is 15.4. The van der Waals surface area contributed by atoms with Gasteiger partial charge < -0.3 is 9.47 Å². The quantitative estimate of drug-likeness (QED) is 0.618. The molecule has 1 heterocycles. The lowest BCUT2D eigenvalue weighted by molar-refractivity contribution is 0.0474. The predicted octanol–water partition coefficient (Wildman–Crippen LogP) is 1.61. The molecule has 0 atom stereocenters. The molecule has 0 aliphatic rings. The van der Waals surface area contributed by atoms with E-state index < -0.39 is 24.2 Å². The minimum atomic E-state index is -0.674. The average Bonchev–Trinajstić information content (AvgIpc) is 2.91. The van der Waals surface area contributed by atoms with Crippen molar-refractivity contribution in [2.75, 3.05) is 13.7 Å². The number of carbonyl (C=O) groups is 2. The fourth-order valence-corrected chi connectivity index (χ4v) is 1.72. The van der Waals surface area contributed by atoms with Gasteiger partial charge >= 0.3 is 5.97 Å². The molecule has 21 heavy (non-hydrogen) atoms. The molecule has 0 spiro atoms. The average molecular weight is 292 g/mol. The van der Waals surface area contributed by atoms with Crippen molar-refractivity contribution in [3.8, 4) is 5.75 Å². The number of hydrogen-bond acceptors (Lipinski definition) is 5. The van der Waals surface area contributed by atoms with Crippen LogP contribution in [-0.4, -0.2) is 35.2 Å². The maximum atomic E-state index is 13.2. The molecule has 0 saturated carbocycles. The second-order valence-corrected chi connectivity index (χ2v) is 4.25. The highest BCUT2D eigenvalue weighted by molar-refractivity contribution is 6.01. The number of aryl methyl sites for hydroxylation is 1. The molecule has 2 rings (SSSR count). The number of esters is 1. The normalized spacial score (nSPS) is 10.2. The molecule has 0 N–H and O–H groups in total. The van der Waals surface area contributed by atoms with Crippen LogP contribution in [0.4, 0.5) is 4.39 Å². The van der Waals surface area contributed by atoms with Crippen molar-refractivity contribution in [3.63, 3.8) is 0 Å². The van der Waals surface area contributed by atoms with Gasteiger partial charge in [-0.15, -0.1) is 0 Å². The summed E-state index contributed by atoms with van der Waals surface area (Å²) in [6.07, 6.45) is 2.80. The second-order valence-electron chi connectivity index (χ2n) is 4.25. The zero-order valence-electron chi connectivity index (χ0n) is 11.5. The molecule has 0 aliphatic carbocycles. The maximum Gasteiger partial charge on any atom is 0.341 e. The second kappa shape index (κ2) is 6.17. The van der Waals surface area contributed by atoms with Gasteiger partial charge in [0.05, 0.1) is 24.4 Å². The van der Waals surface area contributed by atoms with Crippen molar-refractivity contribution >= 4 is 11.8 Å². The summed E-state index contributed by atoms with van der Waals surface area (Å²) >= 11 is 0. The molecule has 0 amide bonds. The fourth-order valence-electron chi connectivity index (χ4n) is 1.72. The lowest BCUT2D eigenvalue weighted by Gasteiger charge is -2.08. The van der Waals surface area contributed by atoms with E-state index in [-0.39, 0.29) is 16.9 Å². The van der Waals surface area contributed by atoms with Crippen LogP contribution in [-0.2, 0) is 11.8 Å². The SMILES string of the molecule is COc1ccc(F)cc1C(=O)COC(=O)c1cnn(C)c1. The van der Waals surface area contributed by atoms with Crippen molar-refractivity contribution in [2.45, 2.75) is 0 Å². The molecule has 1 aromatic carbocycles. The molecule has 7 heteroatoms. The van der Waals surface area contributed by atoms with Gasteiger partial charge in [0.25, 0.3) is 0 Å². The van der Waals surface area contributed by atoms with Gasteiger partial charge in [-0.25, -0.2) is 9.18 Å². The number of hydrogen-bond donors (Lipinski definition) is 0. The van der Waals surface area contributed by atoms with Crippen molar-refractivity contribution < 1.29 is 23.5 Å². The van der Waals surface area contributed by atoms with Crippen LogP contribution in [0.15, 0.2) is 30.6 Å². The Kier molecular flexibility index (Phi) is 4.32. The van der Waals surface area contributed by atoms with Gasteiger partial charge in [-0.3, -0.25) is 9.48 Å². The van der Waals surface area contributed by atoms with Crippen molar-refractivity contribution in [3.05, 3.63) is 47.5 Å². The number of benzene rings is 1. The Balaban J connectivity index is 2.05. The molecule has 0 unspecified atom stereocenters. The molecular formula is C14H13FN2O4. The molecule has 110 valence electrons. The number of carbonyl (C=O) groups excluding carboxylic acids is 2. The third-order valence-corrected chi connectivity index (χ3v) is 2.74. The van der Waals surface area contributed by atoms with E-state index in [4.69, 9.17) is 9.47 Å². The van der Waals surface area contributed by atoms with Gasteiger partial charge in [0, 0.05) is 13.2 Å². The topological polar surface area (TPSA) is 70.4 Å². The van der Waals surface area contributed by atoms with Gasteiger partial charge in [-0.05, 0) is 18.2 Å². The van der Waals surface area contributed by atoms with Crippen LogP contribution in [0.25, 0.3) is 0 Å². The maximum absolute atomic E-state index is 13.2. The van der Waals surface area contributed by atoms with Crippen LogP contribution in [0.3, 0.4) is 0 Å². The first kappa shape index (κ1) is 14.7. The summed E-state index contributed by atoms with van der Waals surface area (Å²) in [6, 6.07) is 3.56. The van der Waals surface area contributed by atoms with E-state index in [9.17, 15) is 14.0 Å². The van der Waals surface area contributed by atoms with Crippen LogP contribution in [0.5, 0.6) is 5.75 Å². The first-order chi connectivity index (χ1) is 10.0. The van der Waals surface area contributed by atoms with Crippen molar-refractivity contribution in [1.29, 1.82) is 0 Å². The Bertz CT molecular complexity index is 681. The smallest absolute Gasteiger partial charge is 0.341 e. The molecule has 0 fully saturated rings. The summed E-state index contributed by atoms with van der Waals surface area (Å²) in [5, 5.41) is 3.82. The number of rotatable bonds is 5.